The van der Waals surface area contributed by atoms with Gasteiger partial charge >= 0.3 is 12.4 Å². The first kappa shape index (κ1) is 18.7. The van der Waals surface area contributed by atoms with E-state index in [2.05, 4.69) is 0 Å². The maximum Gasteiger partial charge on any atom is 0.421 e. The number of amides is 2. The Hall–Kier alpha value is -3.04. The van der Waals surface area contributed by atoms with Crippen LogP contribution in [-0.2, 0) is 15.8 Å². The van der Waals surface area contributed by atoms with Crippen molar-refractivity contribution in [2.24, 2.45) is 0 Å². The van der Waals surface area contributed by atoms with Crippen LogP contribution in [0.2, 0.25) is 0 Å². The SMILES string of the molecule is Cc1ccc(-c2ccc(C(F)(F)F)cc2N2C(=O)C=C(C(F)(F)F)C2=O)o1. The summed E-state index contributed by atoms with van der Waals surface area (Å²) in [6.07, 6.45) is -9.90. The molecule has 0 aliphatic carbocycles. The first-order valence-corrected chi connectivity index (χ1v) is 7.35. The molecule has 0 fully saturated rings. The lowest BCUT2D eigenvalue weighted by atomic mass is 10.0. The van der Waals surface area contributed by atoms with Gasteiger partial charge in [0, 0.05) is 11.6 Å². The second kappa shape index (κ2) is 6.00. The minimum absolute atomic E-state index is 0.00252. The number of benzene rings is 1. The van der Waals surface area contributed by atoms with Crippen molar-refractivity contribution in [3.8, 4) is 11.3 Å². The summed E-state index contributed by atoms with van der Waals surface area (Å²) < 4.78 is 83.1. The number of imide groups is 1. The number of rotatable bonds is 2. The third-order valence-electron chi connectivity index (χ3n) is 3.80. The molecular weight excluding hydrogens is 380 g/mol. The van der Waals surface area contributed by atoms with E-state index in [9.17, 15) is 35.9 Å². The van der Waals surface area contributed by atoms with Crippen LogP contribution in [0.25, 0.3) is 11.3 Å². The summed E-state index contributed by atoms with van der Waals surface area (Å²) in [6, 6.07) is 4.90. The monoisotopic (exact) mass is 389 g/mol. The smallest absolute Gasteiger partial charge is 0.421 e. The summed E-state index contributed by atoms with van der Waals surface area (Å²) in [6.45, 7) is 1.54. The van der Waals surface area contributed by atoms with Crippen molar-refractivity contribution >= 4 is 17.5 Å². The van der Waals surface area contributed by atoms with Crippen LogP contribution < -0.4 is 4.90 Å². The van der Waals surface area contributed by atoms with Crippen LogP contribution in [0.5, 0.6) is 0 Å². The highest BCUT2D eigenvalue weighted by atomic mass is 19.4. The second-order valence-electron chi connectivity index (χ2n) is 5.67. The highest BCUT2D eigenvalue weighted by Crippen LogP contribution is 2.41. The fraction of sp³-hybridized carbons (Fsp3) is 0.176. The zero-order valence-corrected chi connectivity index (χ0v) is 13.4. The van der Waals surface area contributed by atoms with Crippen LogP contribution in [0, 0.1) is 6.92 Å². The molecule has 1 aromatic carbocycles. The highest BCUT2D eigenvalue weighted by molar-refractivity contribution is 6.31. The van der Waals surface area contributed by atoms with Crippen LogP contribution in [0.15, 0.2) is 46.4 Å². The van der Waals surface area contributed by atoms with E-state index in [1.54, 1.807) is 6.92 Å². The summed E-state index contributed by atoms with van der Waals surface area (Å²) in [5, 5.41) is 0. The zero-order chi connectivity index (χ0) is 20.1. The zero-order valence-electron chi connectivity index (χ0n) is 13.4. The molecule has 10 heteroatoms. The number of hydrogen-bond donors (Lipinski definition) is 0. The van der Waals surface area contributed by atoms with Crippen molar-refractivity contribution < 1.29 is 40.3 Å². The largest absolute Gasteiger partial charge is 0.461 e. The third kappa shape index (κ3) is 3.34. The summed E-state index contributed by atoms with van der Waals surface area (Å²) >= 11 is 0. The van der Waals surface area contributed by atoms with Gasteiger partial charge in [0.05, 0.1) is 11.3 Å². The first-order chi connectivity index (χ1) is 12.4. The van der Waals surface area contributed by atoms with Gasteiger partial charge in [0.15, 0.2) is 0 Å². The molecule has 0 bridgehead atoms. The van der Waals surface area contributed by atoms with Crippen molar-refractivity contribution in [3.63, 3.8) is 0 Å². The average molecular weight is 389 g/mol. The lowest BCUT2D eigenvalue weighted by Gasteiger charge is -2.20. The highest BCUT2D eigenvalue weighted by Gasteiger charge is 2.48. The maximum absolute atomic E-state index is 13.0. The predicted octanol–water partition coefficient (Wildman–Crippen LogP) is 4.64. The fourth-order valence-electron chi connectivity index (χ4n) is 2.58. The third-order valence-corrected chi connectivity index (χ3v) is 3.80. The minimum Gasteiger partial charge on any atom is -0.461 e. The van der Waals surface area contributed by atoms with Gasteiger partial charge in [-0.25, -0.2) is 4.90 Å². The van der Waals surface area contributed by atoms with Gasteiger partial charge in [-0.1, -0.05) is 0 Å². The van der Waals surface area contributed by atoms with Gasteiger partial charge in [0.2, 0.25) is 0 Å². The fourth-order valence-corrected chi connectivity index (χ4v) is 2.58. The lowest BCUT2D eigenvalue weighted by molar-refractivity contribution is -0.138. The molecule has 0 unspecified atom stereocenters. The summed E-state index contributed by atoms with van der Waals surface area (Å²) in [7, 11) is 0. The van der Waals surface area contributed by atoms with Crippen LogP contribution in [0.1, 0.15) is 11.3 Å². The normalized spacial score (nSPS) is 15.5. The van der Waals surface area contributed by atoms with E-state index >= 15 is 0 Å². The van der Waals surface area contributed by atoms with Crippen molar-refractivity contribution in [3.05, 3.63) is 53.3 Å². The number of hydrogen-bond acceptors (Lipinski definition) is 3. The number of halogens is 6. The van der Waals surface area contributed by atoms with E-state index in [0.717, 1.165) is 6.07 Å². The van der Waals surface area contributed by atoms with Gasteiger partial charge in [-0.15, -0.1) is 0 Å². The molecule has 142 valence electrons. The molecule has 2 aromatic rings. The number of nitrogens with zero attached hydrogens (tertiary/aromatic N) is 1. The minimum atomic E-state index is -5.12. The summed E-state index contributed by atoms with van der Waals surface area (Å²) in [5.74, 6) is -2.77. The molecule has 0 saturated heterocycles. The molecule has 4 nitrogen and oxygen atoms in total. The Morgan fingerprint density at radius 3 is 2.07 bits per heavy atom. The summed E-state index contributed by atoms with van der Waals surface area (Å²) in [4.78, 5) is 24.2. The van der Waals surface area contributed by atoms with Gasteiger partial charge < -0.3 is 4.42 Å². The van der Waals surface area contributed by atoms with Crippen molar-refractivity contribution in [1.29, 1.82) is 0 Å². The number of carbonyl (C=O) groups excluding carboxylic acids is 2. The Morgan fingerprint density at radius 2 is 1.59 bits per heavy atom. The van der Waals surface area contributed by atoms with E-state index in [4.69, 9.17) is 4.42 Å². The molecule has 2 amide bonds. The molecule has 1 aromatic heterocycles. The van der Waals surface area contributed by atoms with Gasteiger partial charge in [-0.2, -0.15) is 26.3 Å². The molecule has 27 heavy (non-hydrogen) atoms. The first-order valence-electron chi connectivity index (χ1n) is 7.35. The van der Waals surface area contributed by atoms with E-state index < -0.39 is 41.0 Å². The van der Waals surface area contributed by atoms with Crippen LogP contribution >= 0.6 is 0 Å². The van der Waals surface area contributed by atoms with Gasteiger partial charge in [-0.3, -0.25) is 9.59 Å². The topological polar surface area (TPSA) is 50.5 Å². The molecular formula is C17H9F6NO3. The average Bonchev–Trinajstić information content (AvgIpc) is 3.09. The Bertz CT molecular complexity index is 968. The molecule has 1 aliphatic heterocycles. The Labute approximate surface area is 147 Å². The number of carbonyl (C=O) groups is 2. The number of alkyl halides is 6. The molecule has 3 rings (SSSR count). The van der Waals surface area contributed by atoms with Crippen LogP contribution in [0.4, 0.5) is 32.0 Å². The van der Waals surface area contributed by atoms with E-state index in [-0.39, 0.29) is 22.3 Å². The predicted molar refractivity (Wildman–Crippen MR) is 80.5 cm³/mol. The molecule has 0 saturated carbocycles. The Kier molecular flexibility index (Phi) is 4.16. The van der Waals surface area contributed by atoms with Crippen molar-refractivity contribution in [2.75, 3.05) is 4.90 Å². The maximum atomic E-state index is 13.0. The van der Waals surface area contributed by atoms with Gasteiger partial charge in [-0.05, 0) is 37.3 Å². The molecule has 2 heterocycles. The lowest BCUT2D eigenvalue weighted by Crippen LogP contribution is -2.34. The molecule has 0 atom stereocenters. The number of furan rings is 1. The quantitative estimate of drug-likeness (QED) is 0.556. The Morgan fingerprint density at radius 1 is 0.926 bits per heavy atom. The molecule has 0 radical (unpaired) electrons. The van der Waals surface area contributed by atoms with Gasteiger partial charge in [0.1, 0.15) is 17.1 Å². The van der Waals surface area contributed by atoms with E-state index in [1.165, 1.54) is 12.1 Å². The van der Waals surface area contributed by atoms with Crippen molar-refractivity contribution in [1.82, 2.24) is 0 Å². The standard InChI is InChI=1S/C17H9F6NO3/c1-8-2-5-13(27-8)10-4-3-9(16(18,19)20)6-12(10)24-14(25)7-11(15(24)26)17(21,22)23/h2-7H,1H3. The number of aryl methyl sites for hydroxylation is 1. The van der Waals surface area contributed by atoms with Gasteiger partial charge in [0.25, 0.3) is 11.8 Å². The molecule has 1 aliphatic rings. The van der Waals surface area contributed by atoms with Crippen LogP contribution in [-0.4, -0.2) is 18.0 Å². The molecule has 0 N–H and O–H groups in total. The molecule has 0 spiro atoms. The number of anilines is 1. The van der Waals surface area contributed by atoms with E-state index in [0.29, 0.717) is 17.9 Å². The second-order valence-corrected chi connectivity index (χ2v) is 5.67. The van der Waals surface area contributed by atoms with Crippen LogP contribution in [0.3, 0.4) is 0 Å². The Balaban J connectivity index is 2.19. The van der Waals surface area contributed by atoms with Crippen molar-refractivity contribution in [2.45, 2.75) is 19.3 Å². The van der Waals surface area contributed by atoms with E-state index in [1.807, 2.05) is 0 Å². The summed E-state index contributed by atoms with van der Waals surface area (Å²) in [5.41, 5.74) is -3.77.